The number of nitrogens with zero attached hydrogens (tertiary/aromatic N) is 3. The monoisotopic (exact) mass is 257 g/mol. The molecule has 0 saturated carbocycles. The van der Waals surface area contributed by atoms with Gasteiger partial charge in [0.05, 0.1) is 12.2 Å². The number of anilines is 1. The fourth-order valence-electron chi connectivity index (χ4n) is 2.59. The lowest BCUT2D eigenvalue weighted by molar-refractivity contribution is 0.232. The van der Waals surface area contributed by atoms with Crippen LogP contribution in [-0.4, -0.2) is 30.2 Å². The molecule has 2 aromatic rings. The minimum atomic E-state index is 0.822. The van der Waals surface area contributed by atoms with E-state index in [1.54, 1.807) is 0 Å². The Morgan fingerprint density at radius 3 is 2.89 bits per heavy atom. The fraction of sp³-hybridized carbons (Fsp3) is 0.400. The SMILES string of the molecule is Cc1cc(CN2CCN(C)c3ccccc3C2)on1. The third kappa shape index (κ3) is 2.63. The zero-order valence-corrected chi connectivity index (χ0v) is 11.5. The van der Waals surface area contributed by atoms with Crippen molar-refractivity contribution < 1.29 is 4.52 Å². The van der Waals surface area contributed by atoms with Gasteiger partial charge in [0.2, 0.25) is 0 Å². The van der Waals surface area contributed by atoms with Gasteiger partial charge in [0.15, 0.2) is 5.76 Å². The smallest absolute Gasteiger partial charge is 0.150 e. The quantitative estimate of drug-likeness (QED) is 0.827. The maximum Gasteiger partial charge on any atom is 0.150 e. The van der Waals surface area contributed by atoms with Crippen LogP contribution in [0.5, 0.6) is 0 Å². The van der Waals surface area contributed by atoms with Crippen LogP contribution < -0.4 is 4.90 Å². The van der Waals surface area contributed by atoms with E-state index in [1.165, 1.54) is 11.3 Å². The van der Waals surface area contributed by atoms with Crippen molar-refractivity contribution in [1.82, 2.24) is 10.1 Å². The standard InChI is InChI=1S/C15H19N3O/c1-12-9-14(19-16-12)11-18-8-7-17(2)15-6-4-3-5-13(15)10-18/h3-6,9H,7-8,10-11H2,1-2H3. The highest BCUT2D eigenvalue weighted by molar-refractivity contribution is 5.53. The minimum absolute atomic E-state index is 0.822. The Bertz CT molecular complexity index is 564. The number of rotatable bonds is 2. The molecule has 4 nitrogen and oxygen atoms in total. The van der Waals surface area contributed by atoms with E-state index in [2.05, 4.69) is 46.3 Å². The number of hydrogen-bond acceptors (Lipinski definition) is 4. The second kappa shape index (κ2) is 5.05. The first-order valence-corrected chi connectivity index (χ1v) is 6.66. The number of likely N-dealkylation sites (N-methyl/N-ethyl adjacent to an activating group) is 1. The maximum absolute atomic E-state index is 5.32. The van der Waals surface area contributed by atoms with Crippen LogP contribution in [0.2, 0.25) is 0 Å². The summed E-state index contributed by atoms with van der Waals surface area (Å²) in [5.74, 6) is 0.944. The fourth-order valence-corrected chi connectivity index (χ4v) is 2.59. The second-order valence-electron chi connectivity index (χ2n) is 5.20. The maximum atomic E-state index is 5.32. The molecule has 0 radical (unpaired) electrons. The average Bonchev–Trinajstić information content (AvgIpc) is 2.74. The molecular weight excluding hydrogens is 238 g/mol. The number of hydrogen-bond donors (Lipinski definition) is 0. The van der Waals surface area contributed by atoms with Crippen molar-refractivity contribution in [3.8, 4) is 0 Å². The van der Waals surface area contributed by atoms with Gasteiger partial charge in [-0.1, -0.05) is 23.4 Å². The van der Waals surface area contributed by atoms with Crippen molar-refractivity contribution in [3.05, 3.63) is 47.3 Å². The lowest BCUT2D eigenvalue weighted by Gasteiger charge is -2.19. The Kier molecular flexibility index (Phi) is 3.25. The predicted octanol–water partition coefficient (Wildman–Crippen LogP) is 2.44. The summed E-state index contributed by atoms with van der Waals surface area (Å²) in [7, 11) is 2.15. The number of benzene rings is 1. The van der Waals surface area contributed by atoms with Gasteiger partial charge in [-0.05, 0) is 18.6 Å². The first kappa shape index (κ1) is 12.2. The molecule has 0 unspecified atom stereocenters. The van der Waals surface area contributed by atoms with E-state index in [9.17, 15) is 0 Å². The lowest BCUT2D eigenvalue weighted by atomic mass is 10.1. The molecule has 0 atom stereocenters. The van der Waals surface area contributed by atoms with Crippen molar-refractivity contribution in [2.24, 2.45) is 0 Å². The van der Waals surface area contributed by atoms with Gasteiger partial charge >= 0.3 is 0 Å². The summed E-state index contributed by atoms with van der Waals surface area (Å²) in [6.07, 6.45) is 0. The molecule has 1 aromatic carbocycles. The van der Waals surface area contributed by atoms with E-state index in [1.807, 2.05) is 13.0 Å². The van der Waals surface area contributed by atoms with Crippen LogP contribution >= 0.6 is 0 Å². The molecule has 0 saturated heterocycles. The molecule has 0 amide bonds. The Balaban J connectivity index is 1.79. The van der Waals surface area contributed by atoms with Crippen LogP contribution in [0.4, 0.5) is 5.69 Å². The van der Waals surface area contributed by atoms with E-state index in [0.717, 1.165) is 37.6 Å². The molecule has 0 spiro atoms. The normalized spacial score (nSPS) is 16.2. The molecule has 0 bridgehead atoms. The first-order valence-electron chi connectivity index (χ1n) is 6.66. The number of para-hydroxylation sites is 1. The molecule has 1 aliphatic heterocycles. The summed E-state index contributed by atoms with van der Waals surface area (Å²) in [5, 5.41) is 3.95. The largest absolute Gasteiger partial charge is 0.373 e. The molecule has 19 heavy (non-hydrogen) atoms. The highest BCUT2D eigenvalue weighted by atomic mass is 16.5. The zero-order valence-electron chi connectivity index (χ0n) is 11.5. The third-order valence-electron chi connectivity index (χ3n) is 3.60. The van der Waals surface area contributed by atoms with E-state index >= 15 is 0 Å². The zero-order chi connectivity index (χ0) is 13.2. The average molecular weight is 257 g/mol. The van der Waals surface area contributed by atoms with Crippen LogP contribution in [0.25, 0.3) is 0 Å². The highest BCUT2D eigenvalue weighted by Crippen LogP contribution is 2.24. The van der Waals surface area contributed by atoms with Crippen LogP contribution in [0.15, 0.2) is 34.9 Å². The van der Waals surface area contributed by atoms with Gasteiger partial charge in [-0.2, -0.15) is 0 Å². The van der Waals surface area contributed by atoms with Gasteiger partial charge in [0.1, 0.15) is 0 Å². The molecule has 2 heterocycles. The summed E-state index contributed by atoms with van der Waals surface area (Å²) in [6.45, 7) is 5.80. The van der Waals surface area contributed by atoms with Crippen molar-refractivity contribution in [2.45, 2.75) is 20.0 Å². The molecule has 0 fully saturated rings. The summed E-state index contributed by atoms with van der Waals surface area (Å²) >= 11 is 0. The third-order valence-corrected chi connectivity index (χ3v) is 3.60. The molecule has 1 aliphatic rings. The number of aryl methyl sites for hydroxylation is 1. The van der Waals surface area contributed by atoms with Crippen molar-refractivity contribution in [3.63, 3.8) is 0 Å². The Labute approximate surface area is 113 Å². The van der Waals surface area contributed by atoms with E-state index in [4.69, 9.17) is 4.52 Å². The van der Waals surface area contributed by atoms with Crippen LogP contribution in [0, 0.1) is 6.92 Å². The molecule has 3 rings (SSSR count). The Morgan fingerprint density at radius 2 is 2.11 bits per heavy atom. The summed E-state index contributed by atoms with van der Waals surface area (Å²) in [4.78, 5) is 4.73. The van der Waals surface area contributed by atoms with E-state index in [-0.39, 0.29) is 0 Å². The molecule has 4 heteroatoms. The Morgan fingerprint density at radius 1 is 1.26 bits per heavy atom. The lowest BCUT2D eigenvalue weighted by Crippen LogP contribution is -2.28. The van der Waals surface area contributed by atoms with Crippen molar-refractivity contribution >= 4 is 5.69 Å². The van der Waals surface area contributed by atoms with Crippen LogP contribution in [0.1, 0.15) is 17.0 Å². The van der Waals surface area contributed by atoms with Crippen LogP contribution in [0.3, 0.4) is 0 Å². The molecule has 0 N–H and O–H groups in total. The number of aromatic nitrogens is 1. The summed E-state index contributed by atoms with van der Waals surface area (Å²) < 4.78 is 5.32. The highest BCUT2D eigenvalue weighted by Gasteiger charge is 2.18. The van der Waals surface area contributed by atoms with Crippen molar-refractivity contribution in [1.29, 1.82) is 0 Å². The molecule has 100 valence electrons. The predicted molar refractivity (Wildman–Crippen MR) is 75.1 cm³/mol. The first-order chi connectivity index (χ1) is 9.22. The summed E-state index contributed by atoms with van der Waals surface area (Å²) in [6, 6.07) is 10.6. The van der Waals surface area contributed by atoms with E-state index in [0.29, 0.717) is 0 Å². The van der Waals surface area contributed by atoms with Gasteiger partial charge in [0.25, 0.3) is 0 Å². The van der Waals surface area contributed by atoms with Gasteiger partial charge in [-0.3, -0.25) is 4.90 Å². The van der Waals surface area contributed by atoms with E-state index < -0.39 is 0 Å². The van der Waals surface area contributed by atoms with Gasteiger partial charge < -0.3 is 9.42 Å². The number of fused-ring (bicyclic) bond motifs is 1. The van der Waals surface area contributed by atoms with Crippen LogP contribution in [-0.2, 0) is 13.1 Å². The second-order valence-corrected chi connectivity index (χ2v) is 5.20. The molecular formula is C15H19N3O. The van der Waals surface area contributed by atoms with Gasteiger partial charge in [0, 0.05) is 38.4 Å². The molecule has 0 aliphatic carbocycles. The topological polar surface area (TPSA) is 32.5 Å². The molecule has 1 aromatic heterocycles. The Hall–Kier alpha value is -1.81. The summed E-state index contributed by atoms with van der Waals surface area (Å²) in [5.41, 5.74) is 3.65. The minimum Gasteiger partial charge on any atom is -0.373 e. The van der Waals surface area contributed by atoms with Gasteiger partial charge in [-0.15, -0.1) is 0 Å². The van der Waals surface area contributed by atoms with Crippen molar-refractivity contribution in [2.75, 3.05) is 25.0 Å². The van der Waals surface area contributed by atoms with Gasteiger partial charge in [-0.25, -0.2) is 0 Å².